The lowest BCUT2D eigenvalue weighted by Crippen LogP contribution is -2.46. The molecule has 0 unspecified atom stereocenters. The van der Waals surface area contributed by atoms with Crippen LogP contribution < -0.4 is 0 Å². The molecule has 4 heteroatoms. The molecule has 0 saturated heterocycles. The van der Waals surface area contributed by atoms with Crippen LogP contribution in [0, 0.1) is 0 Å². The molecule has 0 bridgehead atoms. The molecular formula is C20H21NO3. The highest BCUT2D eigenvalue weighted by Gasteiger charge is 2.31. The number of likely N-dealkylation sites (N-methyl/N-ethyl adjacent to an activating group) is 1. The third kappa shape index (κ3) is 2.47. The van der Waals surface area contributed by atoms with Gasteiger partial charge in [0.25, 0.3) is 5.91 Å². The Morgan fingerprint density at radius 1 is 1.12 bits per heavy atom. The molecule has 1 amide bonds. The van der Waals surface area contributed by atoms with Gasteiger partial charge in [0.05, 0.1) is 12.1 Å². The molecule has 1 aliphatic rings. The summed E-state index contributed by atoms with van der Waals surface area (Å²) >= 11 is 0. The fourth-order valence-electron chi connectivity index (χ4n) is 3.77. The van der Waals surface area contributed by atoms with Gasteiger partial charge in [-0.3, -0.25) is 4.79 Å². The number of carbonyl (C=O) groups is 1. The average molecular weight is 323 g/mol. The summed E-state index contributed by atoms with van der Waals surface area (Å²) in [5, 5.41) is 13.4. The molecule has 24 heavy (non-hydrogen) atoms. The van der Waals surface area contributed by atoms with E-state index < -0.39 is 6.10 Å². The van der Waals surface area contributed by atoms with E-state index in [4.69, 9.17) is 4.42 Å². The zero-order chi connectivity index (χ0) is 16.7. The van der Waals surface area contributed by atoms with Crippen LogP contribution in [-0.4, -0.2) is 35.1 Å². The van der Waals surface area contributed by atoms with E-state index in [9.17, 15) is 9.90 Å². The van der Waals surface area contributed by atoms with Gasteiger partial charge < -0.3 is 14.4 Å². The van der Waals surface area contributed by atoms with Crippen molar-refractivity contribution < 1.29 is 14.3 Å². The van der Waals surface area contributed by atoms with Gasteiger partial charge in [0.15, 0.2) is 5.76 Å². The molecule has 0 spiro atoms. The Morgan fingerprint density at radius 2 is 1.92 bits per heavy atom. The second kappa shape index (κ2) is 5.95. The number of aliphatic hydroxyl groups is 1. The molecule has 2 atom stereocenters. The highest BCUT2D eigenvalue weighted by molar-refractivity contribution is 6.08. The van der Waals surface area contributed by atoms with Crippen molar-refractivity contribution in [1.82, 2.24) is 4.90 Å². The summed E-state index contributed by atoms with van der Waals surface area (Å²) in [5.74, 6) is 0.169. The predicted octanol–water partition coefficient (Wildman–Crippen LogP) is 3.96. The zero-order valence-corrected chi connectivity index (χ0v) is 13.7. The van der Waals surface area contributed by atoms with Crippen LogP contribution in [0.1, 0.15) is 36.2 Å². The van der Waals surface area contributed by atoms with Crippen molar-refractivity contribution >= 4 is 27.6 Å². The molecule has 1 fully saturated rings. The van der Waals surface area contributed by atoms with Gasteiger partial charge in [0, 0.05) is 12.4 Å². The first-order chi connectivity index (χ1) is 11.6. The van der Waals surface area contributed by atoms with Crippen LogP contribution in [0.4, 0.5) is 0 Å². The highest BCUT2D eigenvalue weighted by Crippen LogP contribution is 2.30. The van der Waals surface area contributed by atoms with E-state index in [-0.39, 0.29) is 11.9 Å². The topological polar surface area (TPSA) is 53.7 Å². The standard InChI is InChI=1S/C20H21NO3/c1-21(16-8-4-5-9-17(16)22)20(23)19-12-15-14-7-3-2-6-13(14)10-11-18(15)24-19/h2-3,6-7,10-12,16-17,22H,4-5,8-9H2,1H3/t16-,17+/m1/s1. The van der Waals surface area contributed by atoms with Crippen LogP contribution in [-0.2, 0) is 0 Å². The second-order valence-electron chi connectivity index (χ2n) is 6.64. The Hall–Kier alpha value is -2.33. The van der Waals surface area contributed by atoms with Crippen molar-refractivity contribution in [3.05, 3.63) is 48.2 Å². The van der Waals surface area contributed by atoms with Crippen molar-refractivity contribution in [2.45, 2.75) is 37.8 Å². The fourth-order valence-corrected chi connectivity index (χ4v) is 3.77. The molecule has 0 aliphatic heterocycles. The number of rotatable bonds is 2. The molecule has 1 heterocycles. The zero-order valence-electron chi connectivity index (χ0n) is 13.7. The first kappa shape index (κ1) is 15.2. The maximum Gasteiger partial charge on any atom is 0.289 e. The SMILES string of the molecule is CN(C(=O)c1cc2c(ccc3ccccc32)o1)[C@@H]1CCCC[C@@H]1O. The lowest BCUT2D eigenvalue weighted by atomic mass is 9.91. The Balaban J connectivity index is 1.70. The van der Waals surface area contributed by atoms with Crippen LogP contribution in [0.2, 0.25) is 0 Å². The molecule has 4 nitrogen and oxygen atoms in total. The number of hydrogen-bond donors (Lipinski definition) is 1. The number of aliphatic hydroxyl groups excluding tert-OH is 1. The Bertz CT molecular complexity index is 898. The van der Waals surface area contributed by atoms with Crippen molar-refractivity contribution in [2.24, 2.45) is 0 Å². The van der Waals surface area contributed by atoms with Gasteiger partial charge in [-0.25, -0.2) is 0 Å². The lowest BCUT2D eigenvalue weighted by Gasteiger charge is -2.34. The van der Waals surface area contributed by atoms with Gasteiger partial charge >= 0.3 is 0 Å². The van der Waals surface area contributed by atoms with Crippen LogP contribution >= 0.6 is 0 Å². The van der Waals surface area contributed by atoms with E-state index in [0.717, 1.165) is 47.4 Å². The van der Waals surface area contributed by atoms with Gasteiger partial charge in [0.2, 0.25) is 0 Å². The minimum absolute atomic E-state index is 0.129. The number of benzene rings is 2. The smallest absolute Gasteiger partial charge is 0.289 e. The molecular weight excluding hydrogens is 302 g/mol. The normalized spacial score (nSPS) is 21.2. The van der Waals surface area contributed by atoms with Crippen molar-refractivity contribution in [3.63, 3.8) is 0 Å². The largest absolute Gasteiger partial charge is 0.451 e. The minimum atomic E-state index is -0.446. The van der Waals surface area contributed by atoms with Gasteiger partial charge in [-0.2, -0.15) is 0 Å². The quantitative estimate of drug-likeness (QED) is 0.776. The molecule has 2 aromatic carbocycles. The van der Waals surface area contributed by atoms with Crippen molar-refractivity contribution in [2.75, 3.05) is 7.05 Å². The number of furan rings is 1. The molecule has 0 radical (unpaired) electrons. The fraction of sp³-hybridized carbons (Fsp3) is 0.350. The van der Waals surface area contributed by atoms with Gasteiger partial charge in [0.1, 0.15) is 5.58 Å². The average Bonchev–Trinajstić information content (AvgIpc) is 3.05. The number of carbonyl (C=O) groups excluding carboxylic acids is 1. The first-order valence-corrected chi connectivity index (χ1v) is 8.51. The first-order valence-electron chi connectivity index (χ1n) is 8.51. The highest BCUT2D eigenvalue weighted by atomic mass is 16.3. The lowest BCUT2D eigenvalue weighted by molar-refractivity contribution is 0.0251. The molecule has 4 rings (SSSR count). The van der Waals surface area contributed by atoms with Crippen LogP contribution in [0.3, 0.4) is 0 Å². The monoisotopic (exact) mass is 323 g/mol. The third-order valence-corrected chi connectivity index (χ3v) is 5.15. The molecule has 1 aromatic heterocycles. The Kier molecular flexibility index (Phi) is 3.77. The third-order valence-electron chi connectivity index (χ3n) is 5.15. The van der Waals surface area contributed by atoms with Crippen molar-refractivity contribution in [3.8, 4) is 0 Å². The molecule has 1 aliphatic carbocycles. The van der Waals surface area contributed by atoms with Crippen LogP contribution in [0.25, 0.3) is 21.7 Å². The van der Waals surface area contributed by atoms with Crippen molar-refractivity contribution in [1.29, 1.82) is 0 Å². The minimum Gasteiger partial charge on any atom is -0.451 e. The molecule has 1 saturated carbocycles. The van der Waals surface area contributed by atoms with E-state index in [0.29, 0.717) is 5.76 Å². The summed E-state index contributed by atoms with van der Waals surface area (Å²) in [5.41, 5.74) is 0.717. The Morgan fingerprint density at radius 3 is 2.75 bits per heavy atom. The summed E-state index contributed by atoms with van der Waals surface area (Å²) in [6.07, 6.45) is 3.22. The molecule has 1 N–H and O–H groups in total. The van der Waals surface area contributed by atoms with Crippen LogP contribution in [0.5, 0.6) is 0 Å². The van der Waals surface area contributed by atoms with E-state index >= 15 is 0 Å². The van der Waals surface area contributed by atoms with Gasteiger partial charge in [-0.05, 0) is 35.7 Å². The Labute approximate surface area is 140 Å². The van der Waals surface area contributed by atoms with E-state index in [2.05, 4.69) is 0 Å². The van der Waals surface area contributed by atoms with Gasteiger partial charge in [-0.15, -0.1) is 0 Å². The van der Waals surface area contributed by atoms with Crippen LogP contribution in [0.15, 0.2) is 46.9 Å². The van der Waals surface area contributed by atoms with Gasteiger partial charge in [-0.1, -0.05) is 43.2 Å². The summed E-state index contributed by atoms with van der Waals surface area (Å²) in [7, 11) is 1.76. The predicted molar refractivity (Wildman–Crippen MR) is 94.1 cm³/mol. The van der Waals surface area contributed by atoms with E-state index in [1.165, 1.54) is 0 Å². The van der Waals surface area contributed by atoms with E-state index in [1.54, 1.807) is 11.9 Å². The summed E-state index contributed by atoms with van der Waals surface area (Å²) < 4.78 is 5.81. The van der Waals surface area contributed by atoms with E-state index in [1.807, 2.05) is 42.5 Å². The summed E-state index contributed by atoms with van der Waals surface area (Å²) in [6.45, 7) is 0. The maximum absolute atomic E-state index is 12.8. The number of nitrogens with zero attached hydrogens (tertiary/aromatic N) is 1. The molecule has 124 valence electrons. The number of amides is 1. The summed E-state index contributed by atoms with van der Waals surface area (Å²) in [4.78, 5) is 14.5. The summed E-state index contributed by atoms with van der Waals surface area (Å²) in [6, 6.07) is 13.7. The second-order valence-corrected chi connectivity index (χ2v) is 6.64. The number of fused-ring (bicyclic) bond motifs is 3. The molecule has 3 aromatic rings. The number of hydrogen-bond acceptors (Lipinski definition) is 3. The maximum atomic E-state index is 12.8.